The number of carbonyl (C=O) groups is 2. The van der Waals surface area contributed by atoms with Crippen LogP contribution in [0.2, 0.25) is 0 Å². The van der Waals surface area contributed by atoms with E-state index in [4.69, 9.17) is 4.52 Å². The highest BCUT2D eigenvalue weighted by Gasteiger charge is 2.21. The summed E-state index contributed by atoms with van der Waals surface area (Å²) in [6, 6.07) is 9.42. The molecule has 2 aromatic rings. The fourth-order valence-electron chi connectivity index (χ4n) is 2.95. The Morgan fingerprint density at radius 1 is 1.28 bits per heavy atom. The molecule has 25 heavy (non-hydrogen) atoms. The number of nitrogens with zero attached hydrogens (tertiary/aromatic N) is 2. The highest BCUT2D eigenvalue weighted by atomic mass is 16.5. The van der Waals surface area contributed by atoms with E-state index in [2.05, 4.69) is 21.9 Å². The molecular weight excluding hydrogens is 320 g/mol. The number of hydrogen-bond acceptors (Lipinski definition) is 4. The normalized spacial score (nSPS) is 13.2. The van der Waals surface area contributed by atoms with Crippen molar-refractivity contribution in [3.05, 3.63) is 47.3 Å². The third kappa shape index (κ3) is 4.37. The number of carbonyl (C=O) groups excluding carboxylic acids is 2. The lowest BCUT2D eigenvalue weighted by atomic mass is 10.0. The minimum Gasteiger partial charge on any atom is -0.361 e. The van der Waals surface area contributed by atoms with Gasteiger partial charge in [0.25, 0.3) is 0 Å². The van der Waals surface area contributed by atoms with Gasteiger partial charge in [0.1, 0.15) is 11.5 Å². The molecular formula is C18H22N4O3. The zero-order valence-corrected chi connectivity index (χ0v) is 14.2. The lowest BCUT2D eigenvalue weighted by molar-refractivity contribution is -0.118. The van der Waals surface area contributed by atoms with Crippen molar-refractivity contribution >= 4 is 17.6 Å². The Morgan fingerprint density at radius 3 is 2.92 bits per heavy atom. The first kappa shape index (κ1) is 17.0. The summed E-state index contributed by atoms with van der Waals surface area (Å²) in [4.78, 5) is 26.0. The molecule has 0 bridgehead atoms. The monoisotopic (exact) mass is 342 g/mol. The highest BCUT2D eigenvalue weighted by molar-refractivity contribution is 5.94. The van der Waals surface area contributed by atoms with E-state index in [1.54, 1.807) is 13.0 Å². The molecule has 0 unspecified atom stereocenters. The molecule has 0 saturated heterocycles. The van der Waals surface area contributed by atoms with Gasteiger partial charge in [-0.2, -0.15) is 0 Å². The average Bonchev–Trinajstić information content (AvgIpc) is 3.04. The Hall–Kier alpha value is -2.83. The maximum atomic E-state index is 12.5. The summed E-state index contributed by atoms with van der Waals surface area (Å²) >= 11 is 0. The summed E-state index contributed by atoms with van der Waals surface area (Å²) in [5, 5.41) is 9.18. The molecule has 3 amide bonds. The summed E-state index contributed by atoms with van der Waals surface area (Å²) in [6.07, 6.45) is 2.24. The largest absolute Gasteiger partial charge is 0.361 e. The Kier molecular flexibility index (Phi) is 5.33. The van der Waals surface area contributed by atoms with Crippen LogP contribution in [0.1, 0.15) is 29.9 Å². The minimum absolute atomic E-state index is 0.0274. The molecule has 132 valence electrons. The van der Waals surface area contributed by atoms with Gasteiger partial charge in [-0.15, -0.1) is 0 Å². The van der Waals surface area contributed by atoms with Gasteiger partial charge >= 0.3 is 6.03 Å². The van der Waals surface area contributed by atoms with E-state index in [-0.39, 0.29) is 24.9 Å². The summed E-state index contributed by atoms with van der Waals surface area (Å²) < 4.78 is 4.93. The van der Waals surface area contributed by atoms with E-state index in [0.29, 0.717) is 18.0 Å². The van der Waals surface area contributed by atoms with Gasteiger partial charge in [-0.3, -0.25) is 4.79 Å². The van der Waals surface area contributed by atoms with Gasteiger partial charge < -0.3 is 20.1 Å². The van der Waals surface area contributed by atoms with Crippen molar-refractivity contribution in [2.45, 2.75) is 32.7 Å². The number of aryl methyl sites for hydroxylation is 2. The van der Waals surface area contributed by atoms with Crippen molar-refractivity contribution in [3.8, 4) is 0 Å². The highest BCUT2D eigenvalue weighted by Crippen LogP contribution is 2.26. The second kappa shape index (κ2) is 7.83. The minimum atomic E-state index is -0.326. The topological polar surface area (TPSA) is 87.5 Å². The average molecular weight is 342 g/mol. The van der Waals surface area contributed by atoms with E-state index in [0.717, 1.165) is 25.1 Å². The van der Waals surface area contributed by atoms with Crippen molar-refractivity contribution in [1.82, 2.24) is 15.8 Å². The van der Waals surface area contributed by atoms with E-state index in [9.17, 15) is 9.59 Å². The van der Waals surface area contributed by atoms with E-state index in [1.807, 2.05) is 23.1 Å². The van der Waals surface area contributed by atoms with Crippen LogP contribution in [0.25, 0.3) is 0 Å². The summed E-state index contributed by atoms with van der Waals surface area (Å²) in [6.45, 7) is 3.10. The molecule has 1 aliphatic rings. The maximum absolute atomic E-state index is 12.5. The Balaban J connectivity index is 1.43. The number of urea groups is 1. The van der Waals surface area contributed by atoms with Crippen molar-refractivity contribution in [2.75, 3.05) is 18.0 Å². The van der Waals surface area contributed by atoms with Crippen LogP contribution in [-0.2, 0) is 17.8 Å². The predicted molar refractivity (Wildman–Crippen MR) is 93.2 cm³/mol. The van der Waals surface area contributed by atoms with Crippen LogP contribution in [0.3, 0.4) is 0 Å². The SMILES string of the molecule is Cc1cc(CNC(=O)NCCC(=O)N2CCCc3ccccc32)no1. The molecule has 7 nitrogen and oxygen atoms in total. The lowest BCUT2D eigenvalue weighted by Crippen LogP contribution is -2.40. The van der Waals surface area contributed by atoms with Crippen LogP contribution in [-0.4, -0.2) is 30.2 Å². The van der Waals surface area contributed by atoms with Crippen LogP contribution >= 0.6 is 0 Å². The fraction of sp³-hybridized carbons (Fsp3) is 0.389. The molecule has 3 rings (SSSR count). The Morgan fingerprint density at radius 2 is 2.12 bits per heavy atom. The smallest absolute Gasteiger partial charge is 0.315 e. The summed E-state index contributed by atoms with van der Waals surface area (Å²) in [7, 11) is 0. The van der Waals surface area contributed by atoms with Gasteiger partial charge in [0.2, 0.25) is 5.91 Å². The van der Waals surface area contributed by atoms with Gasteiger partial charge in [-0.25, -0.2) is 4.79 Å². The molecule has 0 saturated carbocycles. The van der Waals surface area contributed by atoms with Gasteiger partial charge in [0.05, 0.1) is 6.54 Å². The fourth-order valence-corrected chi connectivity index (χ4v) is 2.95. The van der Waals surface area contributed by atoms with Gasteiger partial charge in [0.15, 0.2) is 0 Å². The first-order valence-corrected chi connectivity index (χ1v) is 8.45. The van der Waals surface area contributed by atoms with Gasteiger partial charge in [-0.1, -0.05) is 23.4 Å². The molecule has 1 aliphatic heterocycles. The molecule has 1 aromatic heterocycles. The molecule has 2 heterocycles. The standard InChI is InChI=1S/C18H22N4O3/c1-13-11-15(21-25-13)12-20-18(24)19-9-8-17(23)22-10-4-6-14-5-2-3-7-16(14)22/h2-3,5,7,11H,4,6,8-10,12H2,1H3,(H2,19,20,24). The quantitative estimate of drug-likeness (QED) is 0.871. The number of amides is 3. The van der Waals surface area contributed by atoms with Crippen LogP contribution < -0.4 is 15.5 Å². The number of aromatic nitrogens is 1. The molecule has 0 spiro atoms. The van der Waals surface area contributed by atoms with Crippen molar-refractivity contribution in [2.24, 2.45) is 0 Å². The number of nitrogens with one attached hydrogen (secondary N) is 2. The maximum Gasteiger partial charge on any atom is 0.315 e. The number of hydrogen-bond donors (Lipinski definition) is 2. The zero-order chi connectivity index (χ0) is 17.6. The van der Waals surface area contributed by atoms with Crippen molar-refractivity contribution in [1.29, 1.82) is 0 Å². The van der Waals surface area contributed by atoms with Gasteiger partial charge in [0, 0.05) is 31.3 Å². The molecule has 0 fully saturated rings. The van der Waals surface area contributed by atoms with E-state index >= 15 is 0 Å². The zero-order valence-electron chi connectivity index (χ0n) is 14.2. The van der Waals surface area contributed by atoms with Crippen LogP contribution in [0.5, 0.6) is 0 Å². The van der Waals surface area contributed by atoms with E-state index in [1.165, 1.54) is 5.56 Å². The first-order valence-electron chi connectivity index (χ1n) is 8.45. The third-order valence-corrected chi connectivity index (χ3v) is 4.14. The lowest BCUT2D eigenvalue weighted by Gasteiger charge is -2.29. The number of benzene rings is 1. The molecule has 1 aromatic carbocycles. The van der Waals surface area contributed by atoms with Gasteiger partial charge in [-0.05, 0) is 31.4 Å². The van der Waals surface area contributed by atoms with Crippen LogP contribution in [0, 0.1) is 6.92 Å². The van der Waals surface area contributed by atoms with Crippen molar-refractivity contribution < 1.29 is 14.1 Å². The molecule has 2 N–H and O–H groups in total. The molecule has 7 heteroatoms. The number of anilines is 1. The Labute approximate surface area is 146 Å². The third-order valence-electron chi connectivity index (χ3n) is 4.14. The number of fused-ring (bicyclic) bond motifs is 1. The number of para-hydroxylation sites is 1. The summed E-state index contributed by atoms with van der Waals surface area (Å²) in [5.74, 6) is 0.726. The molecule has 0 aliphatic carbocycles. The first-order chi connectivity index (χ1) is 12.1. The van der Waals surface area contributed by atoms with E-state index < -0.39 is 0 Å². The van der Waals surface area contributed by atoms with Crippen LogP contribution in [0.4, 0.5) is 10.5 Å². The summed E-state index contributed by atoms with van der Waals surface area (Å²) in [5.41, 5.74) is 2.86. The Bertz CT molecular complexity index is 756. The molecule has 0 atom stereocenters. The van der Waals surface area contributed by atoms with Crippen LogP contribution in [0.15, 0.2) is 34.9 Å². The number of rotatable bonds is 5. The predicted octanol–water partition coefficient (Wildman–Crippen LogP) is 2.15. The second-order valence-corrected chi connectivity index (χ2v) is 6.07. The second-order valence-electron chi connectivity index (χ2n) is 6.07. The van der Waals surface area contributed by atoms with Crippen molar-refractivity contribution in [3.63, 3.8) is 0 Å². The molecule has 0 radical (unpaired) electrons.